The van der Waals surface area contributed by atoms with Crippen LogP contribution in [0.5, 0.6) is 0 Å². The summed E-state index contributed by atoms with van der Waals surface area (Å²) in [5, 5.41) is 9.75. The van der Waals surface area contributed by atoms with Crippen LogP contribution in [0.15, 0.2) is 36.0 Å². The Morgan fingerprint density at radius 3 is 2.88 bits per heavy atom. The summed E-state index contributed by atoms with van der Waals surface area (Å²) in [6.07, 6.45) is 4.09. The Kier molecular flexibility index (Phi) is 2.57. The van der Waals surface area contributed by atoms with Crippen LogP contribution in [0, 0.1) is 11.3 Å². The number of nitriles is 1. The molecule has 0 saturated carbocycles. The minimum absolute atomic E-state index is 0.136. The summed E-state index contributed by atoms with van der Waals surface area (Å²) in [6, 6.07) is 9.73. The predicted molar refractivity (Wildman–Crippen MR) is 62.6 cm³/mol. The SMILES string of the molecule is Cn1cc(/C=C(/C#N)C=O)c2ccccc21. The van der Waals surface area contributed by atoms with E-state index >= 15 is 0 Å². The number of rotatable bonds is 2. The summed E-state index contributed by atoms with van der Waals surface area (Å²) in [5.41, 5.74) is 2.11. The van der Waals surface area contributed by atoms with Gasteiger partial charge in [-0.25, -0.2) is 0 Å². The van der Waals surface area contributed by atoms with E-state index in [1.54, 1.807) is 6.08 Å². The minimum atomic E-state index is 0.136. The zero-order valence-corrected chi connectivity index (χ0v) is 8.84. The van der Waals surface area contributed by atoms with Gasteiger partial charge in [-0.2, -0.15) is 5.26 Å². The highest BCUT2D eigenvalue weighted by molar-refractivity contribution is 5.95. The molecule has 2 rings (SSSR count). The molecule has 0 unspecified atom stereocenters. The van der Waals surface area contributed by atoms with Gasteiger partial charge in [-0.1, -0.05) is 18.2 Å². The van der Waals surface area contributed by atoms with Crippen molar-refractivity contribution in [2.75, 3.05) is 0 Å². The maximum absolute atomic E-state index is 10.6. The monoisotopic (exact) mass is 210 g/mol. The molecule has 1 aromatic carbocycles. The molecule has 0 N–H and O–H groups in total. The van der Waals surface area contributed by atoms with Gasteiger partial charge < -0.3 is 4.57 Å². The molecule has 0 spiro atoms. The summed E-state index contributed by atoms with van der Waals surface area (Å²) in [6.45, 7) is 0. The van der Waals surface area contributed by atoms with Crippen molar-refractivity contribution in [3.63, 3.8) is 0 Å². The van der Waals surface area contributed by atoms with Gasteiger partial charge in [0.15, 0.2) is 6.29 Å². The van der Waals surface area contributed by atoms with E-state index < -0.39 is 0 Å². The lowest BCUT2D eigenvalue weighted by Crippen LogP contribution is -1.81. The van der Waals surface area contributed by atoms with Crippen LogP contribution in [0.3, 0.4) is 0 Å². The van der Waals surface area contributed by atoms with Crippen LogP contribution >= 0.6 is 0 Å². The minimum Gasteiger partial charge on any atom is -0.350 e. The Morgan fingerprint density at radius 1 is 1.44 bits per heavy atom. The summed E-state index contributed by atoms with van der Waals surface area (Å²) >= 11 is 0. The molecule has 1 heterocycles. The van der Waals surface area contributed by atoms with Crippen LogP contribution in [-0.4, -0.2) is 10.9 Å². The summed E-state index contributed by atoms with van der Waals surface area (Å²) in [5.74, 6) is 0. The van der Waals surface area contributed by atoms with Crippen LogP contribution in [-0.2, 0) is 11.8 Å². The van der Waals surface area contributed by atoms with Crippen molar-refractivity contribution in [2.45, 2.75) is 0 Å². The number of hydrogen-bond acceptors (Lipinski definition) is 2. The molecule has 3 nitrogen and oxygen atoms in total. The van der Waals surface area contributed by atoms with Gasteiger partial charge in [0.1, 0.15) is 6.07 Å². The number of nitrogens with zero attached hydrogens (tertiary/aromatic N) is 2. The molecular weight excluding hydrogens is 200 g/mol. The van der Waals surface area contributed by atoms with E-state index in [1.165, 1.54) is 0 Å². The highest BCUT2D eigenvalue weighted by Crippen LogP contribution is 2.22. The fourth-order valence-corrected chi connectivity index (χ4v) is 1.75. The average Bonchev–Trinajstić information content (AvgIpc) is 2.64. The quantitative estimate of drug-likeness (QED) is 0.433. The van der Waals surface area contributed by atoms with Gasteiger partial charge in [-0.05, 0) is 12.1 Å². The number of benzene rings is 1. The smallest absolute Gasteiger partial charge is 0.160 e. The van der Waals surface area contributed by atoms with E-state index in [-0.39, 0.29) is 5.57 Å². The van der Waals surface area contributed by atoms with Crippen molar-refractivity contribution in [2.24, 2.45) is 7.05 Å². The van der Waals surface area contributed by atoms with Crippen LogP contribution < -0.4 is 0 Å². The molecule has 0 radical (unpaired) electrons. The largest absolute Gasteiger partial charge is 0.350 e. The molecule has 16 heavy (non-hydrogen) atoms. The summed E-state index contributed by atoms with van der Waals surface area (Å²) < 4.78 is 1.97. The van der Waals surface area contributed by atoms with Crippen LogP contribution in [0.1, 0.15) is 5.56 Å². The second kappa shape index (κ2) is 4.03. The topological polar surface area (TPSA) is 45.8 Å². The number of aromatic nitrogens is 1. The third-order valence-electron chi connectivity index (χ3n) is 2.49. The Hall–Kier alpha value is -2.34. The number of carbonyl (C=O) groups is 1. The molecule has 3 heteroatoms. The first kappa shape index (κ1) is 10.2. The highest BCUT2D eigenvalue weighted by atomic mass is 16.1. The maximum Gasteiger partial charge on any atom is 0.160 e. The Bertz CT molecular complexity index is 614. The number of allylic oxidation sites excluding steroid dienone is 1. The molecular formula is C13H10N2O. The fraction of sp³-hybridized carbons (Fsp3) is 0.0769. The van der Waals surface area contributed by atoms with Crippen LogP contribution in [0.25, 0.3) is 17.0 Å². The van der Waals surface area contributed by atoms with Gasteiger partial charge in [0.05, 0.1) is 5.57 Å². The lowest BCUT2D eigenvalue weighted by Gasteiger charge is -1.93. The van der Waals surface area contributed by atoms with Gasteiger partial charge in [0, 0.05) is 29.7 Å². The Morgan fingerprint density at radius 2 is 2.19 bits per heavy atom. The summed E-state index contributed by atoms with van der Waals surface area (Å²) in [7, 11) is 1.94. The Labute approximate surface area is 93.2 Å². The van der Waals surface area contributed by atoms with Crippen LogP contribution in [0.4, 0.5) is 0 Å². The van der Waals surface area contributed by atoms with Crippen molar-refractivity contribution in [3.05, 3.63) is 41.6 Å². The van der Waals surface area contributed by atoms with E-state index in [0.29, 0.717) is 6.29 Å². The zero-order chi connectivity index (χ0) is 11.5. The third-order valence-corrected chi connectivity index (χ3v) is 2.49. The number of aryl methyl sites for hydroxylation is 1. The van der Waals surface area contributed by atoms with E-state index in [0.717, 1.165) is 16.5 Å². The normalized spacial score (nSPS) is 11.4. The van der Waals surface area contributed by atoms with Crippen LogP contribution in [0.2, 0.25) is 0 Å². The molecule has 78 valence electrons. The highest BCUT2D eigenvalue weighted by Gasteiger charge is 2.04. The molecule has 0 bridgehead atoms. The molecule has 0 atom stereocenters. The summed E-state index contributed by atoms with van der Waals surface area (Å²) in [4.78, 5) is 10.6. The number of fused-ring (bicyclic) bond motifs is 1. The molecule has 2 aromatic rings. The lowest BCUT2D eigenvalue weighted by atomic mass is 10.1. The molecule has 0 amide bonds. The molecule has 0 aliphatic carbocycles. The predicted octanol–water partition coefficient (Wildman–Crippen LogP) is 2.28. The molecule has 1 aromatic heterocycles. The zero-order valence-electron chi connectivity index (χ0n) is 8.84. The van der Waals surface area contributed by atoms with Crippen molar-refractivity contribution < 1.29 is 4.79 Å². The van der Waals surface area contributed by atoms with E-state index in [2.05, 4.69) is 0 Å². The van der Waals surface area contributed by atoms with E-state index in [1.807, 2.05) is 48.1 Å². The second-order valence-corrected chi connectivity index (χ2v) is 3.54. The van der Waals surface area contributed by atoms with Gasteiger partial charge in [0.2, 0.25) is 0 Å². The Balaban J connectivity index is 2.67. The third kappa shape index (κ3) is 1.61. The number of hydrogen-bond donors (Lipinski definition) is 0. The molecule has 0 saturated heterocycles. The van der Waals surface area contributed by atoms with Crippen molar-refractivity contribution in [3.8, 4) is 6.07 Å². The van der Waals surface area contributed by atoms with Crippen molar-refractivity contribution in [1.29, 1.82) is 5.26 Å². The molecule has 0 fully saturated rings. The number of carbonyl (C=O) groups excluding carboxylic acids is 1. The van der Waals surface area contributed by atoms with Gasteiger partial charge in [-0.15, -0.1) is 0 Å². The van der Waals surface area contributed by atoms with Crippen molar-refractivity contribution in [1.82, 2.24) is 4.57 Å². The molecule has 0 aliphatic heterocycles. The van der Waals surface area contributed by atoms with E-state index in [4.69, 9.17) is 5.26 Å². The van der Waals surface area contributed by atoms with Gasteiger partial charge in [-0.3, -0.25) is 4.79 Å². The van der Waals surface area contributed by atoms with Gasteiger partial charge >= 0.3 is 0 Å². The lowest BCUT2D eigenvalue weighted by molar-refractivity contribution is -0.104. The van der Waals surface area contributed by atoms with Crippen molar-refractivity contribution >= 4 is 23.3 Å². The first-order valence-electron chi connectivity index (χ1n) is 4.87. The first-order chi connectivity index (χ1) is 7.76. The standard InChI is InChI=1S/C13H10N2O/c1-15-8-11(6-10(7-14)9-16)12-4-2-3-5-13(12)15/h2-6,8-9H,1H3/b10-6-. The number of aldehydes is 1. The number of para-hydroxylation sites is 1. The van der Waals surface area contributed by atoms with E-state index in [9.17, 15) is 4.79 Å². The second-order valence-electron chi connectivity index (χ2n) is 3.54. The fourth-order valence-electron chi connectivity index (χ4n) is 1.75. The average molecular weight is 210 g/mol. The molecule has 0 aliphatic rings. The van der Waals surface area contributed by atoms with Gasteiger partial charge in [0.25, 0.3) is 0 Å². The maximum atomic E-state index is 10.6. The first-order valence-corrected chi connectivity index (χ1v) is 4.87.